The first-order chi connectivity index (χ1) is 13.2. The number of carbonyl (C=O) groups is 1. The summed E-state index contributed by atoms with van der Waals surface area (Å²) in [6, 6.07) is 2.35. The third kappa shape index (κ3) is 2.80. The molecule has 2 aliphatic carbocycles. The van der Waals surface area contributed by atoms with Crippen LogP contribution in [-0.2, 0) is 4.79 Å². The Morgan fingerprint density at radius 2 is 2.19 bits per heavy atom. The number of hydrogen-bond acceptors (Lipinski definition) is 4. The lowest BCUT2D eigenvalue weighted by molar-refractivity contribution is -0.131. The summed E-state index contributed by atoms with van der Waals surface area (Å²) in [5.41, 5.74) is 2.66. The summed E-state index contributed by atoms with van der Waals surface area (Å²) in [7, 11) is 0. The van der Waals surface area contributed by atoms with Gasteiger partial charge in [-0.1, -0.05) is 13.3 Å². The molecule has 0 aromatic carbocycles. The molecule has 7 heteroatoms. The van der Waals surface area contributed by atoms with E-state index in [0.717, 1.165) is 48.4 Å². The zero-order valence-electron chi connectivity index (χ0n) is 15.9. The second-order valence-corrected chi connectivity index (χ2v) is 8.24. The van der Waals surface area contributed by atoms with Crippen molar-refractivity contribution in [3.63, 3.8) is 0 Å². The van der Waals surface area contributed by atoms with Gasteiger partial charge < -0.3 is 9.88 Å². The normalized spacial score (nSPS) is 25.5. The van der Waals surface area contributed by atoms with Gasteiger partial charge in [0, 0.05) is 31.6 Å². The van der Waals surface area contributed by atoms with Gasteiger partial charge >= 0.3 is 0 Å². The summed E-state index contributed by atoms with van der Waals surface area (Å²) in [6.45, 7) is 4.89. The van der Waals surface area contributed by atoms with Crippen molar-refractivity contribution in [2.45, 2.75) is 57.9 Å². The topological polar surface area (TPSA) is 79.2 Å². The van der Waals surface area contributed by atoms with Gasteiger partial charge in [0.15, 0.2) is 11.3 Å². The van der Waals surface area contributed by atoms with Crippen LogP contribution in [0.25, 0.3) is 16.8 Å². The Balaban J connectivity index is 1.51. The zero-order valence-corrected chi connectivity index (χ0v) is 15.9. The first kappa shape index (κ1) is 16.7. The summed E-state index contributed by atoms with van der Waals surface area (Å²) < 4.78 is 2.15. The van der Waals surface area contributed by atoms with Crippen LogP contribution >= 0.6 is 0 Å². The molecule has 0 spiro atoms. The van der Waals surface area contributed by atoms with Crippen molar-refractivity contribution < 1.29 is 4.79 Å². The third-order valence-corrected chi connectivity index (χ3v) is 6.49. The number of hydrogen-bond donors (Lipinski definition) is 1. The summed E-state index contributed by atoms with van der Waals surface area (Å²) in [5.74, 6) is 2.78. The average molecular weight is 366 g/mol. The standard InChI is InChI=1S/C20H26N6O/c1-3-14-8-15(25(12(2)27)11-13-4-5-13)9-16(14)20-24-23-18-10-22-19-17(26(18)20)6-7-21-19/h6-7,10,13-16,21H,3-5,8-9,11H2,1-2H3/t14-,15+,16+/m1/s1. The Bertz CT molecular complexity index is 987. The van der Waals surface area contributed by atoms with E-state index < -0.39 is 0 Å². The average Bonchev–Trinajstić information content (AvgIpc) is 3.07. The zero-order chi connectivity index (χ0) is 18.5. The SMILES string of the molecule is CC[C@@H]1C[C@H](N(CC2CC2)C(C)=O)C[C@@H]1c1nnc2cnc3[nH]ccc3n12. The van der Waals surface area contributed by atoms with Crippen LogP contribution < -0.4 is 0 Å². The fraction of sp³-hybridized carbons (Fsp3) is 0.600. The molecule has 0 saturated heterocycles. The maximum Gasteiger partial charge on any atom is 0.219 e. The molecule has 7 nitrogen and oxygen atoms in total. The number of H-pyrrole nitrogens is 1. The Hall–Kier alpha value is -2.44. The first-order valence-corrected chi connectivity index (χ1v) is 10.1. The quantitative estimate of drug-likeness (QED) is 0.752. The molecule has 3 aromatic rings. The highest BCUT2D eigenvalue weighted by atomic mass is 16.2. The maximum atomic E-state index is 12.3. The van der Waals surface area contributed by atoms with Gasteiger partial charge in [0.2, 0.25) is 5.91 Å². The molecule has 3 atom stereocenters. The van der Waals surface area contributed by atoms with Gasteiger partial charge in [0.05, 0.1) is 11.7 Å². The summed E-state index contributed by atoms with van der Waals surface area (Å²) in [4.78, 5) is 22.0. The molecule has 2 aliphatic rings. The van der Waals surface area contributed by atoms with Crippen LogP contribution in [0.1, 0.15) is 57.7 Å². The molecule has 0 bridgehead atoms. The Morgan fingerprint density at radius 1 is 1.33 bits per heavy atom. The number of nitrogens with zero attached hydrogens (tertiary/aromatic N) is 5. The predicted octanol–water partition coefficient (Wildman–Crippen LogP) is 3.14. The number of carbonyl (C=O) groups excluding carboxylic acids is 1. The van der Waals surface area contributed by atoms with Crippen molar-refractivity contribution in [3.05, 3.63) is 24.3 Å². The molecule has 1 amide bonds. The minimum absolute atomic E-state index is 0.214. The Morgan fingerprint density at radius 3 is 2.93 bits per heavy atom. The third-order valence-electron chi connectivity index (χ3n) is 6.49. The fourth-order valence-corrected chi connectivity index (χ4v) is 4.87. The van der Waals surface area contributed by atoms with E-state index in [9.17, 15) is 4.79 Å². The van der Waals surface area contributed by atoms with Crippen molar-refractivity contribution in [1.29, 1.82) is 0 Å². The first-order valence-electron chi connectivity index (χ1n) is 10.1. The fourth-order valence-electron chi connectivity index (χ4n) is 4.87. The van der Waals surface area contributed by atoms with E-state index in [1.54, 1.807) is 13.1 Å². The van der Waals surface area contributed by atoms with E-state index in [1.807, 2.05) is 12.3 Å². The second kappa shape index (κ2) is 6.32. The molecular weight excluding hydrogens is 340 g/mol. The van der Waals surface area contributed by atoms with Gasteiger partial charge in [0.25, 0.3) is 0 Å². The molecule has 142 valence electrons. The van der Waals surface area contributed by atoms with Gasteiger partial charge in [-0.25, -0.2) is 4.98 Å². The molecule has 3 heterocycles. The number of aromatic nitrogens is 5. The highest BCUT2D eigenvalue weighted by Crippen LogP contribution is 2.44. The molecule has 0 unspecified atom stereocenters. The van der Waals surface area contributed by atoms with Crippen molar-refractivity contribution in [3.8, 4) is 0 Å². The van der Waals surface area contributed by atoms with E-state index in [0.29, 0.717) is 23.8 Å². The van der Waals surface area contributed by atoms with E-state index in [4.69, 9.17) is 0 Å². The van der Waals surface area contributed by atoms with Gasteiger partial charge in [-0.15, -0.1) is 10.2 Å². The minimum atomic E-state index is 0.214. The number of fused-ring (bicyclic) bond motifs is 3. The Kier molecular flexibility index (Phi) is 3.91. The smallest absolute Gasteiger partial charge is 0.219 e. The highest BCUT2D eigenvalue weighted by molar-refractivity contribution is 5.75. The molecule has 1 N–H and O–H groups in total. The minimum Gasteiger partial charge on any atom is -0.345 e. The number of nitrogens with one attached hydrogen (secondary N) is 1. The molecule has 0 aliphatic heterocycles. The summed E-state index contributed by atoms with van der Waals surface area (Å²) in [6.07, 6.45) is 9.34. The maximum absolute atomic E-state index is 12.3. The molecule has 5 rings (SSSR count). The molecule has 2 fully saturated rings. The lowest BCUT2D eigenvalue weighted by Gasteiger charge is -2.28. The van der Waals surface area contributed by atoms with Crippen LogP contribution in [0.4, 0.5) is 0 Å². The number of amides is 1. The van der Waals surface area contributed by atoms with E-state index in [-0.39, 0.29) is 5.91 Å². The number of aromatic amines is 1. The monoisotopic (exact) mass is 366 g/mol. The molecule has 27 heavy (non-hydrogen) atoms. The van der Waals surface area contributed by atoms with Crippen LogP contribution in [0.5, 0.6) is 0 Å². The van der Waals surface area contributed by atoms with Crippen molar-refractivity contribution in [1.82, 2.24) is 29.5 Å². The van der Waals surface area contributed by atoms with Gasteiger partial charge in [-0.2, -0.15) is 0 Å². The van der Waals surface area contributed by atoms with Crippen molar-refractivity contribution in [2.24, 2.45) is 11.8 Å². The van der Waals surface area contributed by atoms with E-state index in [1.165, 1.54) is 12.8 Å². The van der Waals surface area contributed by atoms with E-state index in [2.05, 4.69) is 36.4 Å². The molecule has 3 aromatic heterocycles. The van der Waals surface area contributed by atoms with Crippen LogP contribution in [0, 0.1) is 11.8 Å². The largest absolute Gasteiger partial charge is 0.345 e. The summed E-state index contributed by atoms with van der Waals surface area (Å²) in [5, 5.41) is 8.95. The summed E-state index contributed by atoms with van der Waals surface area (Å²) >= 11 is 0. The van der Waals surface area contributed by atoms with Crippen LogP contribution in [0.3, 0.4) is 0 Å². The van der Waals surface area contributed by atoms with Crippen molar-refractivity contribution in [2.75, 3.05) is 6.54 Å². The highest BCUT2D eigenvalue weighted by Gasteiger charge is 2.41. The van der Waals surface area contributed by atoms with Crippen LogP contribution in [-0.4, -0.2) is 48.0 Å². The van der Waals surface area contributed by atoms with Gasteiger partial charge in [-0.05, 0) is 43.6 Å². The molecular formula is C20H26N6O. The Labute approximate surface area is 158 Å². The van der Waals surface area contributed by atoms with Crippen molar-refractivity contribution >= 4 is 22.7 Å². The van der Waals surface area contributed by atoms with Gasteiger partial charge in [0.1, 0.15) is 5.82 Å². The molecule has 2 saturated carbocycles. The predicted molar refractivity (Wildman–Crippen MR) is 102 cm³/mol. The van der Waals surface area contributed by atoms with Gasteiger partial charge in [-0.3, -0.25) is 9.20 Å². The number of rotatable bonds is 5. The van der Waals surface area contributed by atoms with Crippen LogP contribution in [0.15, 0.2) is 18.5 Å². The van der Waals surface area contributed by atoms with E-state index >= 15 is 0 Å². The lowest BCUT2D eigenvalue weighted by atomic mass is 9.93. The van der Waals surface area contributed by atoms with Crippen LogP contribution in [0.2, 0.25) is 0 Å². The second-order valence-electron chi connectivity index (χ2n) is 8.24. The lowest BCUT2D eigenvalue weighted by Crippen LogP contribution is -2.39. The molecule has 0 radical (unpaired) electrons.